The first kappa shape index (κ1) is 18.2. The first-order chi connectivity index (χ1) is 13.4. The zero-order valence-electron chi connectivity index (χ0n) is 15.0. The van der Waals surface area contributed by atoms with Crippen LogP contribution in [0.1, 0.15) is 34.1 Å². The summed E-state index contributed by atoms with van der Waals surface area (Å²) in [6.45, 7) is 2.33. The molecule has 0 aliphatic rings. The lowest BCUT2D eigenvalue weighted by Gasteiger charge is -2.17. The molecule has 3 heterocycles. The van der Waals surface area contributed by atoms with Gasteiger partial charge in [-0.2, -0.15) is 13.8 Å². The number of hydrogen-bond acceptors (Lipinski definition) is 6. The Morgan fingerprint density at radius 3 is 2.71 bits per heavy atom. The monoisotopic (exact) mass is 403 g/mol. The fraction of sp³-hybridized carbons (Fsp3) is 0.222. The average Bonchev–Trinajstić information content (AvgIpc) is 3.40. The molecule has 10 heteroatoms. The third-order valence-corrected chi connectivity index (χ3v) is 5.07. The number of carbonyl (C=O) groups excluding carboxylic acids is 1. The Bertz CT molecular complexity index is 1130. The summed E-state index contributed by atoms with van der Waals surface area (Å²) in [4.78, 5) is 23.4. The molecule has 0 aliphatic heterocycles. The number of carbonyl (C=O) groups is 1. The third kappa shape index (κ3) is 3.26. The highest BCUT2D eigenvalue weighted by Gasteiger charge is 2.19. The van der Waals surface area contributed by atoms with E-state index in [2.05, 4.69) is 19.6 Å². The van der Waals surface area contributed by atoms with Gasteiger partial charge >= 0.3 is 6.43 Å². The van der Waals surface area contributed by atoms with Crippen molar-refractivity contribution in [3.05, 3.63) is 58.7 Å². The Morgan fingerprint density at radius 1 is 1.29 bits per heavy atom. The van der Waals surface area contributed by atoms with Crippen LogP contribution < -0.4 is 0 Å². The van der Waals surface area contributed by atoms with Crippen LogP contribution >= 0.6 is 11.3 Å². The zero-order valence-corrected chi connectivity index (χ0v) is 15.8. The highest BCUT2D eigenvalue weighted by molar-refractivity contribution is 7.15. The maximum Gasteiger partial charge on any atom is 0.315 e. The van der Waals surface area contributed by atoms with Crippen LogP contribution in [0, 0.1) is 6.92 Å². The molecule has 0 saturated carbocycles. The summed E-state index contributed by atoms with van der Waals surface area (Å²) in [6.07, 6.45) is -0.890. The summed E-state index contributed by atoms with van der Waals surface area (Å²) in [5, 5.41) is 5.48. The Labute approximate surface area is 162 Å². The summed E-state index contributed by atoms with van der Waals surface area (Å²) >= 11 is 1.54. The molecule has 0 spiro atoms. The molecule has 4 aromatic rings. The van der Waals surface area contributed by atoms with Crippen molar-refractivity contribution in [2.45, 2.75) is 19.9 Å². The Hall–Kier alpha value is -3.14. The van der Waals surface area contributed by atoms with Gasteiger partial charge in [0.1, 0.15) is 0 Å². The van der Waals surface area contributed by atoms with Gasteiger partial charge in [-0.3, -0.25) is 9.20 Å². The van der Waals surface area contributed by atoms with Gasteiger partial charge in [0.2, 0.25) is 5.82 Å². The highest BCUT2D eigenvalue weighted by Crippen LogP contribution is 2.23. The summed E-state index contributed by atoms with van der Waals surface area (Å²) in [7, 11) is 1.72. The molecule has 1 aromatic carbocycles. The lowest BCUT2D eigenvalue weighted by Crippen LogP contribution is -2.27. The molecule has 3 aromatic heterocycles. The molecule has 0 saturated heterocycles. The number of thiazole rings is 1. The van der Waals surface area contributed by atoms with E-state index in [1.54, 1.807) is 36.2 Å². The third-order valence-electron chi connectivity index (χ3n) is 4.31. The van der Waals surface area contributed by atoms with E-state index in [4.69, 9.17) is 0 Å². The summed E-state index contributed by atoms with van der Waals surface area (Å²) in [6, 6.07) is 6.41. The standard InChI is InChI=1S/C18H15F2N5O2S/c1-10-13(25-7-8-28-18(25)21-10)9-24(2)17(26)12-5-3-11(4-6-12)15-22-16(14(19)20)27-23-15/h3-8,14H,9H2,1-2H3. The van der Waals surface area contributed by atoms with E-state index in [-0.39, 0.29) is 11.7 Å². The van der Waals surface area contributed by atoms with Crippen LogP contribution in [-0.2, 0) is 6.54 Å². The van der Waals surface area contributed by atoms with E-state index in [9.17, 15) is 13.6 Å². The van der Waals surface area contributed by atoms with Crippen LogP contribution in [0.15, 0.2) is 40.4 Å². The molecular formula is C18H15F2N5O2S. The molecule has 4 rings (SSSR count). The van der Waals surface area contributed by atoms with Crippen LogP contribution in [0.3, 0.4) is 0 Å². The minimum absolute atomic E-state index is 0.0531. The van der Waals surface area contributed by atoms with Crippen molar-refractivity contribution in [3.63, 3.8) is 0 Å². The highest BCUT2D eigenvalue weighted by atomic mass is 32.1. The van der Waals surface area contributed by atoms with Gasteiger partial charge in [0.15, 0.2) is 4.96 Å². The van der Waals surface area contributed by atoms with Crippen molar-refractivity contribution in [1.29, 1.82) is 0 Å². The van der Waals surface area contributed by atoms with E-state index >= 15 is 0 Å². The lowest BCUT2D eigenvalue weighted by molar-refractivity contribution is 0.0783. The minimum Gasteiger partial charge on any atom is -0.336 e. The molecule has 0 atom stereocenters. The van der Waals surface area contributed by atoms with Crippen LogP contribution in [0.5, 0.6) is 0 Å². The molecule has 1 amide bonds. The second-order valence-corrected chi connectivity index (χ2v) is 7.07. The largest absolute Gasteiger partial charge is 0.336 e. The van der Waals surface area contributed by atoms with Gasteiger partial charge in [-0.15, -0.1) is 11.3 Å². The fourth-order valence-corrected chi connectivity index (χ4v) is 3.63. The molecule has 0 aliphatic carbocycles. The van der Waals surface area contributed by atoms with Crippen LogP contribution in [0.25, 0.3) is 16.3 Å². The summed E-state index contributed by atoms with van der Waals surface area (Å²) in [5.74, 6) is -0.847. The number of rotatable bonds is 5. The van der Waals surface area contributed by atoms with E-state index in [0.29, 0.717) is 17.7 Å². The van der Waals surface area contributed by atoms with Gasteiger partial charge < -0.3 is 9.42 Å². The van der Waals surface area contributed by atoms with Crippen molar-refractivity contribution in [3.8, 4) is 11.4 Å². The lowest BCUT2D eigenvalue weighted by atomic mass is 10.1. The Kier molecular flexibility index (Phi) is 4.63. The first-order valence-electron chi connectivity index (χ1n) is 8.32. The van der Waals surface area contributed by atoms with Crippen molar-refractivity contribution < 1.29 is 18.1 Å². The maximum atomic E-state index is 12.7. The second kappa shape index (κ2) is 7.12. The van der Waals surface area contributed by atoms with Gasteiger partial charge in [-0.25, -0.2) is 4.98 Å². The number of imidazole rings is 1. The second-order valence-electron chi connectivity index (χ2n) is 6.19. The Balaban J connectivity index is 1.51. The maximum absolute atomic E-state index is 12.7. The number of nitrogens with zero attached hydrogens (tertiary/aromatic N) is 5. The molecule has 0 radical (unpaired) electrons. The van der Waals surface area contributed by atoms with Gasteiger partial charge in [-0.05, 0) is 19.1 Å². The molecule has 0 fully saturated rings. The normalized spacial score (nSPS) is 11.5. The molecule has 28 heavy (non-hydrogen) atoms. The van der Waals surface area contributed by atoms with E-state index in [1.165, 1.54) is 11.3 Å². The fourth-order valence-electron chi connectivity index (χ4n) is 2.85. The van der Waals surface area contributed by atoms with Crippen LogP contribution in [-0.4, -0.2) is 37.4 Å². The molecule has 0 N–H and O–H groups in total. The topological polar surface area (TPSA) is 76.5 Å². The van der Waals surface area contributed by atoms with E-state index in [0.717, 1.165) is 16.3 Å². The quantitative estimate of drug-likeness (QED) is 0.504. The van der Waals surface area contributed by atoms with Crippen molar-refractivity contribution in [2.24, 2.45) is 0 Å². The minimum atomic E-state index is -2.82. The van der Waals surface area contributed by atoms with Gasteiger partial charge in [0.25, 0.3) is 11.8 Å². The number of halogens is 2. The number of benzene rings is 1. The predicted molar refractivity (Wildman–Crippen MR) is 98.3 cm³/mol. The molecular weight excluding hydrogens is 388 g/mol. The number of alkyl halides is 2. The molecule has 144 valence electrons. The smallest absolute Gasteiger partial charge is 0.315 e. The number of fused-ring (bicyclic) bond motifs is 1. The number of hydrogen-bond donors (Lipinski definition) is 0. The van der Waals surface area contributed by atoms with E-state index < -0.39 is 12.3 Å². The average molecular weight is 403 g/mol. The molecule has 7 nitrogen and oxygen atoms in total. The van der Waals surface area contributed by atoms with Crippen molar-refractivity contribution in [1.82, 2.24) is 24.4 Å². The number of aromatic nitrogens is 4. The van der Waals surface area contributed by atoms with Gasteiger partial charge in [0.05, 0.1) is 17.9 Å². The van der Waals surface area contributed by atoms with Crippen molar-refractivity contribution in [2.75, 3.05) is 7.05 Å². The molecule has 0 bridgehead atoms. The van der Waals surface area contributed by atoms with Crippen LogP contribution in [0.4, 0.5) is 8.78 Å². The SMILES string of the molecule is Cc1nc2sccn2c1CN(C)C(=O)c1ccc(-c2noc(C(F)F)n2)cc1. The predicted octanol–water partition coefficient (Wildman–Crippen LogP) is 3.96. The molecule has 0 unspecified atom stereocenters. The van der Waals surface area contributed by atoms with E-state index in [1.807, 2.05) is 22.9 Å². The van der Waals surface area contributed by atoms with Crippen molar-refractivity contribution >= 4 is 22.2 Å². The zero-order chi connectivity index (χ0) is 19.8. The number of amides is 1. The summed E-state index contributed by atoms with van der Waals surface area (Å²) in [5.41, 5.74) is 2.79. The first-order valence-corrected chi connectivity index (χ1v) is 9.20. The Morgan fingerprint density at radius 2 is 2.04 bits per heavy atom. The van der Waals surface area contributed by atoms with Crippen LogP contribution in [0.2, 0.25) is 0 Å². The summed E-state index contributed by atoms with van der Waals surface area (Å²) < 4.78 is 31.6. The van der Waals surface area contributed by atoms with Gasteiger partial charge in [-0.1, -0.05) is 17.3 Å². The number of aryl methyl sites for hydroxylation is 1. The van der Waals surface area contributed by atoms with Gasteiger partial charge in [0, 0.05) is 29.8 Å².